The molecule has 164 valence electrons. The molecule has 0 atom stereocenters. The fourth-order valence-corrected chi connectivity index (χ4v) is 5.82. The first kappa shape index (κ1) is 22.1. The van der Waals surface area contributed by atoms with E-state index in [0.29, 0.717) is 24.3 Å². The maximum Gasteiger partial charge on any atom is 0.255 e. The third-order valence-corrected chi connectivity index (χ3v) is 8.29. The Labute approximate surface area is 191 Å². The molecule has 4 aromatic rings. The zero-order valence-electron chi connectivity index (χ0n) is 17.8. The van der Waals surface area contributed by atoms with Gasteiger partial charge in [-0.15, -0.1) is 11.3 Å². The van der Waals surface area contributed by atoms with Gasteiger partial charge in [-0.1, -0.05) is 26.0 Å². The van der Waals surface area contributed by atoms with Gasteiger partial charge in [0.2, 0.25) is 10.0 Å². The number of thiazole rings is 1. The zero-order chi connectivity index (χ0) is 22.7. The summed E-state index contributed by atoms with van der Waals surface area (Å²) < 4.78 is 27.7. The SMILES string of the molecule is CCN(CC)S(=O)(=O)c1ccc(C(=O)Nc2ccc(-c3nc4ccccc4s3)cc2)cc1. The van der Waals surface area contributed by atoms with Crippen molar-refractivity contribution in [2.45, 2.75) is 18.7 Å². The molecule has 0 spiro atoms. The van der Waals surface area contributed by atoms with Gasteiger partial charge in [0.25, 0.3) is 5.91 Å². The molecule has 0 radical (unpaired) electrons. The lowest BCUT2D eigenvalue weighted by Crippen LogP contribution is -2.30. The lowest BCUT2D eigenvalue weighted by molar-refractivity contribution is 0.102. The normalized spacial score (nSPS) is 11.7. The molecule has 0 aliphatic rings. The van der Waals surface area contributed by atoms with Crippen LogP contribution in [0.3, 0.4) is 0 Å². The minimum absolute atomic E-state index is 0.179. The number of nitrogens with one attached hydrogen (secondary N) is 1. The van der Waals surface area contributed by atoms with Crippen molar-refractivity contribution in [3.05, 3.63) is 78.4 Å². The number of para-hydroxylation sites is 1. The van der Waals surface area contributed by atoms with Gasteiger partial charge < -0.3 is 5.32 Å². The monoisotopic (exact) mass is 465 g/mol. The number of aromatic nitrogens is 1. The summed E-state index contributed by atoms with van der Waals surface area (Å²) in [5.41, 5.74) is 2.99. The van der Waals surface area contributed by atoms with Gasteiger partial charge in [-0.3, -0.25) is 4.79 Å². The molecule has 1 heterocycles. The molecule has 32 heavy (non-hydrogen) atoms. The quantitative estimate of drug-likeness (QED) is 0.404. The molecule has 0 aliphatic carbocycles. The summed E-state index contributed by atoms with van der Waals surface area (Å²) in [7, 11) is -3.55. The smallest absolute Gasteiger partial charge is 0.255 e. The van der Waals surface area contributed by atoms with Crippen LogP contribution in [-0.4, -0.2) is 36.7 Å². The van der Waals surface area contributed by atoms with E-state index in [-0.39, 0.29) is 10.8 Å². The molecule has 8 heteroatoms. The minimum Gasteiger partial charge on any atom is -0.322 e. The number of hydrogen-bond donors (Lipinski definition) is 1. The second-order valence-corrected chi connectivity index (χ2v) is 10.1. The molecule has 1 amide bonds. The van der Waals surface area contributed by atoms with Crippen LogP contribution >= 0.6 is 11.3 Å². The van der Waals surface area contributed by atoms with Crippen LogP contribution in [0.1, 0.15) is 24.2 Å². The summed E-state index contributed by atoms with van der Waals surface area (Å²) >= 11 is 1.62. The summed E-state index contributed by atoms with van der Waals surface area (Å²) in [5.74, 6) is -0.301. The Bertz CT molecular complexity index is 1310. The van der Waals surface area contributed by atoms with Crippen LogP contribution in [0.2, 0.25) is 0 Å². The Morgan fingerprint density at radius 1 is 0.938 bits per heavy atom. The fourth-order valence-electron chi connectivity index (χ4n) is 3.39. The third-order valence-electron chi connectivity index (χ3n) is 5.14. The van der Waals surface area contributed by atoms with Crippen molar-refractivity contribution in [1.82, 2.24) is 9.29 Å². The van der Waals surface area contributed by atoms with Gasteiger partial charge in [-0.25, -0.2) is 13.4 Å². The van der Waals surface area contributed by atoms with Crippen LogP contribution < -0.4 is 5.32 Å². The number of anilines is 1. The number of benzene rings is 3. The van der Waals surface area contributed by atoms with E-state index >= 15 is 0 Å². The van der Waals surface area contributed by atoms with E-state index in [1.807, 2.05) is 48.5 Å². The number of hydrogen-bond acceptors (Lipinski definition) is 5. The van der Waals surface area contributed by atoms with Crippen molar-refractivity contribution in [3.8, 4) is 10.6 Å². The molecular weight excluding hydrogens is 442 g/mol. The van der Waals surface area contributed by atoms with E-state index in [9.17, 15) is 13.2 Å². The van der Waals surface area contributed by atoms with Crippen molar-refractivity contribution in [2.75, 3.05) is 18.4 Å². The molecule has 6 nitrogen and oxygen atoms in total. The largest absolute Gasteiger partial charge is 0.322 e. The third kappa shape index (κ3) is 4.43. The molecule has 4 rings (SSSR count). The first-order valence-corrected chi connectivity index (χ1v) is 12.6. The molecule has 0 aliphatic heterocycles. The summed E-state index contributed by atoms with van der Waals surface area (Å²) in [4.78, 5) is 17.4. The lowest BCUT2D eigenvalue weighted by atomic mass is 10.2. The predicted octanol–water partition coefficient (Wildman–Crippen LogP) is 5.25. The second-order valence-electron chi connectivity index (χ2n) is 7.13. The van der Waals surface area contributed by atoms with Crippen LogP contribution in [0.5, 0.6) is 0 Å². The van der Waals surface area contributed by atoms with Gasteiger partial charge in [0.05, 0.1) is 15.1 Å². The van der Waals surface area contributed by atoms with Crippen LogP contribution in [0.15, 0.2) is 77.7 Å². The second kappa shape index (κ2) is 9.20. The molecule has 0 saturated carbocycles. The fraction of sp³-hybridized carbons (Fsp3) is 0.167. The molecule has 3 aromatic carbocycles. The van der Waals surface area contributed by atoms with Gasteiger partial charge in [0.1, 0.15) is 5.01 Å². The minimum atomic E-state index is -3.55. The highest BCUT2D eigenvalue weighted by molar-refractivity contribution is 7.89. The zero-order valence-corrected chi connectivity index (χ0v) is 19.4. The van der Waals surface area contributed by atoms with E-state index in [1.165, 1.54) is 28.6 Å². The predicted molar refractivity (Wildman–Crippen MR) is 130 cm³/mol. The highest BCUT2D eigenvalue weighted by Gasteiger charge is 2.21. The van der Waals surface area contributed by atoms with Crippen molar-refractivity contribution in [2.24, 2.45) is 0 Å². The molecule has 0 saturated heterocycles. The van der Waals surface area contributed by atoms with Gasteiger partial charge >= 0.3 is 0 Å². The number of rotatable bonds is 7. The average molecular weight is 466 g/mol. The summed E-state index contributed by atoms with van der Waals surface area (Å²) in [5, 5.41) is 3.78. The Balaban J connectivity index is 1.47. The van der Waals surface area contributed by atoms with Crippen LogP contribution in [0.25, 0.3) is 20.8 Å². The molecular formula is C24H23N3O3S2. The van der Waals surface area contributed by atoms with E-state index in [1.54, 1.807) is 25.2 Å². The number of sulfonamides is 1. The number of amides is 1. The van der Waals surface area contributed by atoms with E-state index in [0.717, 1.165) is 20.8 Å². The number of carbonyl (C=O) groups excluding carboxylic acids is 1. The summed E-state index contributed by atoms with van der Waals surface area (Å²) in [6.45, 7) is 4.39. The molecule has 0 unspecified atom stereocenters. The number of carbonyl (C=O) groups is 1. The Morgan fingerprint density at radius 2 is 1.59 bits per heavy atom. The first-order valence-electron chi connectivity index (χ1n) is 10.3. The molecule has 0 bridgehead atoms. The van der Waals surface area contributed by atoms with E-state index in [2.05, 4.69) is 10.3 Å². The maximum absolute atomic E-state index is 12.6. The van der Waals surface area contributed by atoms with E-state index < -0.39 is 10.0 Å². The number of nitrogens with zero attached hydrogens (tertiary/aromatic N) is 2. The Morgan fingerprint density at radius 3 is 2.22 bits per heavy atom. The number of fused-ring (bicyclic) bond motifs is 1. The standard InChI is InChI=1S/C24H23N3O3S2/c1-3-27(4-2)32(29,30)20-15-11-17(12-16-20)23(28)25-19-13-9-18(10-14-19)24-26-21-7-5-6-8-22(21)31-24/h5-16H,3-4H2,1-2H3,(H,25,28). The highest BCUT2D eigenvalue weighted by atomic mass is 32.2. The van der Waals surface area contributed by atoms with Crippen molar-refractivity contribution in [1.29, 1.82) is 0 Å². The van der Waals surface area contributed by atoms with Gasteiger partial charge in [0.15, 0.2) is 0 Å². The van der Waals surface area contributed by atoms with Crippen LogP contribution in [-0.2, 0) is 10.0 Å². The summed E-state index contributed by atoms with van der Waals surface area (Å²) in [6, 6.07) is 21.5. The van der Waals surface area contributed by atoms with Gasteiger partial charge in [-0.05, 0) is 60.7 Å². The Kier molecular flexibility index (Phi) is 6.36. The average Bonchev–Trinajstić information content (AvgIpc) is 3.24. The van der Waals surface area contributed by atoms with Gasteiger partial charge in [0, 0.05) is 29.9 Å². The van der Waals surface area contributed by atoms with Crippen LogP contribution in [0, 0.1) is 0 Å². The van der Waals surface area contributed by atoms with Gasteiger partial charge in [-0.2, -0.15) is 4.31 Å². The molecule has 1 N–H and O–H groups in total. The van der Waals surface area contributed by atoms with Crippen molar-refractivity contribution >= 4 is 43.2 Å². The van der Waals surface area contributed by atoms with Crippen LogP contribution in [0.4, 0.5) is 5.69 Å². The molecule has 1 aromatic heterocycles. The Hall–Kier alpha value is -3.07. The first-order chi connectivity index (χ1) is 15.4. The molecule has 0 fully saturated rings. The summed E-state index contributed by atoms with van der Waals surface area (Å²) in [6.07, 6.45) is 0. The van der Waals surface area contributed by atoms with Crippen molar-refractivity contribution < 1.29 is 13.2 Å². The van der Waals surface area contributed by atoms with Crippen molar-refractivity contribution in [3.63, 3.8) is 0 Å². The lowest BCUT2D eigenvalue weighted by Gasteiger charge is -2.18. The topological polar surface area (TPSA) is 79.4 Å². The van der Waals surface area contributed by atoms with E-state index in [4.69, 9.17) is 0 Å². The highest BCUT2D eigenvalue weighted by Crippen LogP contribution is 2.30. The maximum atomic E-state index is 12.6.